The highest BCUT2D eigenvalue weighted by Crippen LogP contribution is 2.17. The highest BCUT2D eigenvalue weighted by molar-refractivity contribution is 5.64. The minimum atomic E-state index is -1.08. The first-order valence-corrected chi connectivity index (χ1v) is 4.78. The van der Waals surface area contributed by atoms with Gasteiger partial charge in [-0.1, -0.05) is 18.2 Å². The second-order valence-corrected chi connectivity index (χ2v) is 3.02. The molecule has 0 aromatic heterocycles. The van der Waals surface area contributed by atoms with Gasteiger partial charge in [-0.2, -0.15) is 5.26 Å². The van der Waals surface area contributed by atoms with E-state index in [0.717, 1.165) is 5.56 Å². The number of hydrogen-bond donors (Lipinski definition) is 2. The summed E-state index contributed by atoms with van der Waals surface area (Å²) >= 11 is 0. The Morgan fingerprint density at radius 3 is 2.94 bits per heavy atom. The fourth-order valence-corrected chi connectivity index (χ4v) is 1.19. The Bertz CT molecular complexity index is 398. The van der Waals surface area contributed by atoms with Gasteiger partial charge >= 0.3 is 6.09 Å². The Morgan fingerprint density at radius 2 is 2.25 bits per heavy atom. The monoisotopic (exact) mass is 220 g/mol. The Hall–Kier alpha value is -2.22. The number of rotatable bonds is 5. The van der Waals surface area contributed by atoms with Gasteiger partial charge in [0.1, 0.15) is 12.4 Å². The number of ether oxygens (including phenoxy) is 1. The van der Waals surface area contributed by atoms with Crippen LogP contribution in [0.2, 0.25) is 0 Å². The second-order valence-electron chi connectivity index (χ2n) is 3.02. The molecule has 0 unspecified atom stereocenters. The zero-order valence-corrected chi connectivity index (χ0v) is 8.64. The molecule has 1 aromatic rings. The quantitative estimate of drug-likeness (QED) is 0.735. The first-order valence-electron chi connectivity index (χ1n) is 4.78. The van der Waals surface area contributed by atoms with E-state index in [4.69, 9.17) is 15.1 Å². The van der Waals surface area contributed by atoms with Gasteiger partial charge in [-0.15, -0.1) is 0 Å². The number of para-hydroxylation sites is 1. The fraction of sp³-hybridized carbons (Fsp3) is 0.273. The van der Waals surface area contributed by atoms with Crippen molar-refractivity contribution in [2.45, 2.75) is 6.42 Å². The summed E-state index contributed by atoms with van der Waals surface area (Å²) in [6.45, 7) is 0.463. The highest BCUT2D eigenvalue weighted by atomic mass is 16.5. The molecule has 0 saturated heterocycles. The zero-order valence-electron chi connectivity index (χ0n) is 8.64. The van der Waals surface area contributed by atoms with E-state index in [1.807, 2.05) is 18.2 Å². The van der Waals surface area contributed by atoms with Gasteiger partial charge in [-0.05, 0) is 6.07 Å². The predicted molar refractivity (Wildman–Crippen MR) is 57.3 cm³/mol. The van der Waals surface area contributed by atoms with Crippen LogP contribution in [-0.4, -0.2) is 24.4 Å². The van der Waals surface area contributed by atoms with Gasteiger partial charge in [-0.25, -0.2) is 4.79 Å². The third-order valence-electron chi connectivity index (χ3n) is 1.88. The molecule has 5 nitrogen and oxygen atoms in total. The summed E-state index contributed by atoms with van der Waals surface area (Å²) in [5.41, 5.74) is 0.806. The molecular formula is C11H12N2O3. The Morgan fingerprint density at radius 1 is 1.50 bits per heavy atom. The largest absolute Gasteiger partial charge is 0.491 e. The molecule has 0 fully saturated rings. The van der Waals surface area contributed by atoms with Crippen LogP contribution in [0.5, 0.6) is 5.75 Å². The van der Waals surface area contributed by atoms with Crippen LogP contribution in [0.1, 0.15) is 5.56 Å². The molecule has 0 spiro atoms. The number of nitrogens with one attached hydrogen (secondary N) is 1. The maximum Gasteiger partial charge on any atom is 0.404 e. The van der Waals surface area contributed by atoms with Crippen LogP contribution in [0.15, 0.2) is 24.3 Å². The van der Waals surface area contributed by atoms with Crippen molar-refractivity contribution in [2.75, 3.05) is 13.2 Å². The van der Waals surface area contributed by atoms with Crippen molar-refractivity contribution in [1.82, 2.24) is 5.32 Å². The van der Waals surface area contributed by atoms with Crippen LogP contribution >= 0.6 is 0 Å². The summed E-state index contributed by atoms with van der Waals surface area (Å²) in [4.78, 5) is 10.2. The maximum atomic E-state index is 10.2. The third kappa shape index (κ3) is 3.88. The molecule has 16 heavy (non-hydrogen) atoms. The summed E-state index contributed by atoms with van der Waals surface area (Å²) in [6, 6.07) is 9.24. The molecule has 0 aliphatic carbocycles. The van der Waals surface area contributed by atoms with E-state index >= 15 is 0 Å². The number of amides is 1. The average molecular weight is 220 g/mol. The van der Waals surface area contributed by atoms with Crippen LogP contribution < -0.4 is 10.1 Å². The minimum absolute atomic E-state index is 0.218. The molecule has 0 aliphatic heterocycles. The van der Waals surface area contributed by atoms with E-state index < -0.39 is 6.09 Å². The lowest BCUT2D eigenvalue weighted by atomic mass is 10.1. The Kier molecular flexibility index (Phi) is 4.67. The third-order valence-corrected chi connectivity index (χ3v) is 1.88. The lowest BCUT2D eigenvalue weighted by Crippen LogP contribution is -2.26. The van der Waals surface area contributed by atoms with E-state index in [2.05, 4.69) is 5.32 Å². The first kappa shape index (κ1) is 11.9. The molecule has 0 aliphatic rings. The molecule has 84 valence electrons. The van der Waals surface area contributed by atoms with Crippen molar-refractivity contribution in [1.29, 1.82) is 5.26 Å². The van der Waals surface area contributed by atoms with Crippen LogP contribution in [0, 0.1) is 11.3 Å². The Balaban J connectivity index is 2.47. The highest BCUT2D eigenvalue weighted by Gasteiger charge is 2.02. The molecule has 1 aromatic carbocycles. The maximum absolute atomic E-state index is 10.2. The summed E-state index contributed by atoms with van der Waals surface area (Å²) in [6.07, 6.45) is -0.795. The van der Waals surface area contributed by atoms with Crippen molar-refractivity contribution < 1.29 is 14.6 Å². The second kappa shape index (κ2) is 6.30. The number of nitrogens with zero attached hydrogens (tertiary/aromatic N) is 1. The van der Waals surface area contributed by atoms with Crippen molar-refractivity contribution in [3.05, 3.63) is 29.8 Å². The molecule has 0 saturated carbocycles. The Labute approximate surface area is 93.3 Å². The van der Waals surface area contributed by atoms with Gasteiger partial charge in [0.25, 0.3) is 0 Å². The number of nitriles is 1. The van der Waals surface area contributed by atoms with Gasteiger partial charge in [0.05, 0.1) is 19.0 Å². The van der Waals surface area contributed by atoms with Crippen molar-refractivity contribution in [2.24, 2.45) is 0 Å². The summed E-state index contributed by atoms with van der Waals surface area (Å²) in [7, 11) is 0. The molecule has 0 heterocycles. The smallest absolute Gasteiger partial charge is 0.404 e. The van der Waals surface area contributed by atoms with Gasteiger partial charge < -0.3 is 15.2 Å². The van der Waals surface area contributed by atoms with Crippen LogP contribution in [0.3, 0.4) is 0 Å². The van der Waals surface area contributed by atoms with Crippen molar-refractivity contribution in [3.8, 4) is 11.8 Å². The standard InChI is InChI=1S/C11H12N2O3/c12-6-5-9-3-1-2-4-10(9)16-8-7-13-11(14)15/h1-4,13H,5,7-8H2,(H,14,15). The fourth-order valence-electron chi connectivity index (χ4n) is 1.19. The molecule has 1 amide bonds. The van der Waals surface area contributed by atoms with Crippen LogP contribution in [0.4, 0.5) is 4.79 Å². The zero-order chi connectivity index (χ0) is 11.8. The van der Waals surface area contributed by atoms with E-state index in [0.29, 0.717) is 5.75 Å². The molecule has 0 atom stereocenters. The molecule has 0 radical (unpaired) electrons. The average Bonchev–Trinajstić information content (AvgIpc) is 2.26. The molecule has 2 N–H and O–H groups in total. The van der Waals surface area contributed by atoms with Gasteiger partial charge in [-0.3, -0.25) is 0 Å². The van der Waals surface area contributed by atoms with Gasteiger partial charge in [0.2, 0.25) is 0 Å². The van der Waals surface area contributed by atoms with Crippen molar-refractivity contribution >= 4 is 6.09 Å². The number of carboxylic acid groups (broad SMARTS) is 1. The lowest BCUT2D eigenvalue weighted by molar-refractivity contribution is 0.191. The predicted octanol–water partition coefficient (Wildman–Crippen LogP) is 1.40. The normalized spacial score (nSPS) is 9.19. The van der Waals surface area contributed by atoms with Crippen LogP contribution in [-0.2, 0) is 6.42 Å². The number of hydrogen-bond acceptors (Lipinski definition) is 3. The van der Waals surface area contributed by atoms with E-state index in [9.17, 15) is 4.79 Å². The lowest BCUT2D eigenvalue weighted by Gasteiger charge is -2.09. The molecule has 1 rings (SSSR count). The SMILES string of the molecule is N#CCc1ccccc1OCCNC(=O)O. The van der Waals surface area contributed by atoms with E-state index in [1.165, 1.54) is 0 Å². The summed E-state index contributed by atoms with van der Waals surface area (Å²) in [5, 5.41) is 19.1. The number of carbonyl (C=O) groups is 1. The molecule has 5 heteroatoms. The molecule has 0 bridgehead atoms. The van der Waals surface area contributed by atoms with Gasteiger partial charge in [0, 0.05) is 5.56 Å². The topological polar surface area (TPSA) is 82.3 Å². The van der Waals surface area contributed by atoms with Crippen LogP contribution in [0.25, 0.3) is 0 Å². The summed E-state index contributed by atoms with van der Waals surface area (Å²) < 4.78 is 5.36. The minimum Gasteiger partial charge on any atom is -0.491 e. The van der Waals surface area contributed by atoms with E-state index in [1.54, 1.807) is 12.1 Å². The first-order chi connectivity index (χ1) is 7.74. The van der Waals surface area contributed by atoms with Gasteiger partial charge in [0.15, 0.2) is 0 Å². The molecular weight excluding hydrogens is 208 g/mol. The summed E-state index contributed by atoms with van der Waals surface area (Å²) in [5.74, 6) is 0.622. The van der Waals surface area contributed by atoms with E-state index in [-0.39, 0.29) is 19.6 Å². The number of benzene rings is 1. The van der Waals surface area contributed by atoms with Crippen molar-refractivity contribution in [3.63, 3.8) is 0 Å².